The topological polar surface area (TPSA) is 64.3 Å². The molecule has 88 valence electrons. The van der Waals surface area contributed by atoms with Crippen molar-refractivity contribution in [2.24, 2.45) is 5.73 Å². The van der Waals surface area contributed by atoms with Crippen LogP contribution in [0.1, 0.15) is 0 Å². The zero-order valence-electron chi connectivity index (χ0n) is 8.67. The van der Waals surface area contributed by atoms with E-state index in [2.05, 4.69) is 5.32 Å². The number of carbonyl (C=O) groups excluding carboxylic acids is 1. The first kappa shape index (κ1) is 12.9. The van der Waals surface area contributed by atoms with Crippen molar-refractivity contribution in [3.8, 4) is 0 Å². The van der Waals surface area contributed by atoms with Gasteiger partial charge in [0.1, 0.15) is 11.9 Å². The number of hydrogen-bond acceptors (Lipinski definition) is 3. The van der Waals surface area contributed by atoms with E-state index in [-0.39, 0.29) is 12.2 Å². The monoisotopic (exact) mass is 246 g/mol. The minimum atomic E-state index is -0.807. The van der Waals surface area contributed by atoms with Crippen LogP contribution >= 0.6 is 11.6 Å². The molecule has 6 heteroatoms. The minimum absolute atomic E-state index is 0.00741. The summed E-state index contributed by atoms with van der Waals surface area (Å²) in [6.07, 6.45) is -0.807. The molecule has 1 unspecified atom stereocenters. The first-order valence-corrected chi connectivity index (χ1v) is 4.95. The molecule has 0 aliphatic rings. The van der Waals surface area contributed by atoms with Crippen LogP contribution < -0.4 is 11.1 Å². The molecule has 0 saturated heterocycles. The first-order valence-electron chi connectivity index (χ1n) is 4.57. The fraction of sp³-hybridized carbons (Fsp3) is 0.300. The normalized spacial score (nSPS) is 12.2. The lowest BCUT2D eigenvalue weighted by atomic mass is 10.2. The number of halogens is 2. The van der Waals surface area contributed by atoms with E-state index in [9.17, 15) is 9.18 Å². The Bertz CT molecular complexity index is 383. The van der Waals surface area contributed by atoms with Crippen LogP contribution in [0.15, 0.2) is 18.2 Å². The first-order chi connectivity index (χ1) is 7.58. The summed E-state index contributed by atoms with van der Waals surface area (Å²) in [6.45, 7) is 0.0184. The summed E-state index contributed by atoms with van der Waals surface area (Å²) in [5, 5.41) is 2.68. The van der Waals surface area contributed by atoms with Crippen molar-refractivity contribution >= 4 is 23.2 Å². The van der Waals surface area contributed by atoms with Crippen LogP contribution in [0.5, 0.6) is 0 Å². The summed E-state index contributed by atoms with van der Waals surface area (Å²) < 4.78 is 18.1. The summed E-state index contributed by atoms with van der Waals surface area (Å²) >= 11 is 5.67. The lowest BCUT2D eigenvalue weighted by molar-refractivity contribution is -0.125. The largest absolute Gasteiger partial charge is 0.370 e. The number of methoxy groups -OCH3 is 1. The number of nitrogens with one attached hydrogen (secondary N) is 1. The molecule has 16 heavy (non-hydrogen) atoms. The highest BCUT2D eigenvalue weighted by atomic mass is 35.5. The third-order valence-corrected chi connectivity index (χ3v) is 2.21. The molecule has 0 radical (unpaired) electrons. The van der Waals surface area contributed by atoms with E-state index in [1.54, 1.807) is 0 Å². The van der Waals surface area contributed by atoms with E-state index < -0.39 is 17.8 Å². The molecule has 0 saturated carbocycles. The molecular formula is C10H12ClFN2O2. The summed E-state index contributed by atoms with van der Waals surface area (Å²) in [7, 11) is 1.35. The number of anilines is 1. The molecule has 0 bridgehead atoms. The number of amides is 1. The predicted octanol–water partition coefficient (Wildman–Crippen LogP) is 1.39. The molecule has 1 amide bonds. The van der Waals surface area contributed by atoms with Gasteiger partial charge in [0.15, 0.2) is 0 Å². The summed E-state index contributed by atoms with van der Waals surface area (Å²) in [5.74, 6) is -1.07. The minimum Gasteiger partial charge on any atom is -0.370 e. The summed E-state index contributed by atoms with van der Waals surface area (Å²) in [5.41, 5.74) is 5.31. The number of hydrogen-bond donors (Lipinski definition) is 2. The van der Waals surface area contributed by atoms with Crippen LogP contribution in [-0.2, 0) is 9.53 Å². The molecular weight excluding hydrogens is 235 g/mol. The van der Waals surface area contributed by atoms with Gasteiger partial charge in [0.25, 0.3) is 5.91 Å². The van der Waals surface area contributed by atoms with Crippen molar-refractivity contribution in [3.63, 3.8) is 0 Å². The highest BCUT2D eigenvalue weighted by Crippen LogP contribution is 2.19. The highest BCUT2D eigenvalue weighted by molar-refractivity contribution is 6.30. The second-order valence-corrected chi connectivity index (χ2v) is 3.51. The maximum absolute atomic E-state index is 13.3. The van der Waals surface area contributed by atoms with Crippen LogP contribution in [0.3, 0.4) is 0 Å². The third kappa shape index (κ3) is 3.16. The van der Waals surface area contributed by atoms with Crippen LogP contribution in [-0.4, -0.2) is 25.7 Å². The van der Waals surface area contributed by atoms with E-state index in [4.69, 9.17) is 22.1 Å². The van der Waals surface area contributed by atoms with Crippen molar-refractivity contribution in [1.82, 2.24) is 0 Å². The van der Waals surface area contributed by atoms with Gasteiger partial charge in [-0.25, -0.2) is 4.39 Å². The van der Waals surface area contributed by atoms with Gasteiger partial charge in [0.2, 0.25) is 0 Å². The molecule has 1 rings (SSSR count). The molecule has 1 atom stereocenters. The quantitative estimate of drug-likeness (QED) is 0.844. The van der Waals surface area contributed by atoms with E-state index in [0.717, 1.165) is 0 Å². The van der Waals surface area contributed by atoms with E-state index in [1.165, 1.54) is 25.3 Å². The second kappa shape index (κ2) is 5.79. The Labute approximate surface area is 97.5 Å². The second-order valence-electron chi connectivity index (χ2n) is 3.07. The Morgan fingerprint density at radius 3 is 2.94 bits per heavy atom. The van der Waals surface area contributed by atoms with Gasteiger partial charge in [-0.15, -0.1) is 0 Å². The average Bonchev–Trinajstić information content (AvgIpc) is 2.25. The fourth-order valence-electron chi connectivity index (χ4n) is 1.12. The van der Waals surface area contributed by atoms with Crippen molar-refractivity contribution in [2.75, 3.05) is 19.0 Å². The average molecular weight is 247 g/mol. The number of benzene rings is 1. The zero-order valence-corrected chi connectivity index (χ0v) is 9.42. The Hall–Kier alpha value is -1.17. The molecule has 0 fully saturated rings. The highest BCUT2D eigenvalue weighted by Gasteiger charge is 2.17. The van der Waals surface area contributed by atoms with E-state index in [1.807, 2.05) is 0 Å². The lowest BCUT2D eigenvalue weighted by Gasteiger charge is -2.13. The van der Waals surface area contributed by atoms with E-state index in [0.29, 0.717) is 5.02 Å². The van der Waals surface area contributed by atoms with Gasteiger partial charge in [0.05, 0.1) is 5.69 Å². The van der Waals surface area contributed by atoms with Crippen molar-refractivity contribution in [3.05, 3.63) is 29.0 Å². The van der Waals surface area contributed by atoms with Gasteiger partial charge >= 0.3 is 0 Å². The Kier molecular flexibility index (Phi) is 4.67. The Balaban J connectivity index is 2.80. The molecule has 0 aromatic heterocycles. The SMILES string of the molecule is COC(CN)C(=O)Nc1cc(Cl)ccc1F. The van der Waals surface area contributed by atoms with Gasteiger partial charge in [-0.1, -0.05) is 11.6 Å². The van der Waals surface area contributed by atoms with Crippen LogP contribution in [0, 0.1) is 5.82 Å². The maximum atomic E-state index is 13.3. The van der Waals surface area contributed by atoms with E-state index >= 15 is 0 Å². The molecule has 0 aliphatic carbocycles. The molecule has 1 aromatic rings. The standard InChI is InChI=1S/C10H12ClFN2O2/c1-16-9(5-13)10(15)14-8-4-6(11)2-3-7(8)12/h2-4,9H,5,13H2,1H3,(H,14,15). The summed E-state index contributed by atoms with van der Waals surface area (Å²) in [4.78, 5) is 11.5. The van der Waals surface area contributed by atoms with Crippen molar-refractivity contribution in [2.45, 2.75) is 6.10 Å². The van der Waals surface area contributed by atoms with Crippen LogP contribution in [0.2, 0.25) is 5.02 Å². The third-order valence-electron chi connectivity index (χ3n) is 1.98. The van der Waals surface area contributed by atoms with Gasteiger partial charge in [-0.2, -0.15) is 0 Å². The molecule has 0 aliphatic heterocycles. The summed E-state index contributed by atoms with van der Waals surface area (Å²) in [6, 6.07) is 3.88. The molecule has 1 aromatic carbocycles. The van der Waals surface area contributed by atoms with Crippen LogP contribution in [0.4, 0.5) is 10.1 Å². The Morgan fingerprint density at radius 2 is 2.38 bits per heavy atom. The number of ether oxygens (including phenoxy) is 1. The zero-order chi connectivity index (χ0) is 12.1. The lowest BCUT2D eigenvalue weighted by Crippen LogP contribution is -2.36. The van der Waals surface area contributed by atoms with Gasteiger partial charge < -0.3 is 15.8 Å². The fourth-order valence-corrected chi connectivity index (χ4v) is 1.29. The predicted molar refractivity (Wildman–Crippen MR) is 59.9 cm³/mol. The molecule has 4 nitrogen and oxygen atoms in total. The number of rotatable bonds is 4. The van der Waals surface area contributed by atoms with Gasteiger partial charge in [0, 0.05) is 18.7 Å². The van der Waals surface area contributed by atoms with Crippen LogP contribution in [0.25, 0.3) is 0 Å². The van der Waals surface area contributed by atoms with Gasteiger partial charge in [-0.05, 0) is 18.2 Å². The molecule has 0 spiro atoms. The molecule has 0 heterocycles. The Morgan fingerprint density at radius 1 is 1.69 bits per heavy atom. The van der Waals surface area contributed by atoms with Crippen molar-refractivity contribution in [1.29, 1.82) is 0 Å². The van der Waals surface area contributed by atoms with Crippen molar-refractivity contribution < 1.29 is 13.9 Å². The smallest absolute Gasteiger partial charge is 0.254 e. The number of nitrogens with two attached hydrogens (primary N) is 1. The molecule has 3 N–H and O–H groups in total. The number of carbonyl (C=O) groups is 1. The van der Waals surface area contributed by atoms with Gasteiger partial charge in [-0.3, -0.25) is 4.79 Å². The maximum Gasteiger partial charge on any atom is 0.254 e.